The standard InChI is InChI=1S/C16H25Cl2N5O2S/c1-4-19-15(23-7-8-26(24,25)16(2,3)11-23)21-6-5-20-14-13(18)9-12(17)10-22-14/h9-10H,4-8,11H2,1-3H3,(H,19,21)(H,20,22). The van der Waals surface area contributed by atoms with Crippen LogP contribution in [-0.2, 0) is 9.84 Å². The number of aromatic nitrogens is 1. The largest absolute Gasteiger partial charge is 0.367 e. The van der Waals surface area contributed by atoms with Crippen molar-refractivity contribution in [2.45, 2.75) is 25.5 Å². The zero-order chi connectivity index (χ0) is 19.4. The summed E-state index contributed by atoms with van der Waals surface area (Å²) in [4.78, 5) is 10.7. The molecule has 2 heterocycles. The second-order valence-corrected chi connectivity index (χ2v) is 10.2. The first kappa shape index (κ1) is 21.1. The highest BCUT2D eigenvalue weighted by Gasteiger charge is 2.40. The topological polar surface area (TPSA) is 86.7 Å². The highest BCUT2D eigenvalue weighted by Crippen LogP contribution is 2.24. The average molecular weight is 422 g/mol. The molecule has 10 heteroatoms. The van der Waals surface area contributed by atoms with E-state index in [1.54, 1.807) is 19.9 Å². The summed E-state index contributed by atoms with van der Waals surface area (Å²) >= 11 is 11.9. The Morgan fingerprint density at radius 2 is 2.15 bits per heavy atom. The summed E-state index contributed by atoms with van der Waals surface area (Å²) in [6, 6.07) is 1.63. The number of sulfone groups is 1. The maximum absolute atomic E-state index is 12.2. The van der Waals surface area contributed by atoms with Gasteiger partial charge in [0.2, 0.25) is 0 Å². The summed E-state index contributed by atoms with van der Waals surface area (Å²) in [6.45, 7) is 8.10. The minimum absolute atomic E-state index is 0.132. The van der Waals surface area contributed by atoms with E-state index in [4.69, 9.17) is 23.2 Å². The molecular weight excluding hydrogens is 397 g/mol. The first-order valence-corrected chi connectivity index (χ1v) is 10.9. The lowest BCUT2D eigenvalue weighted by Crippen LogP contribution is -2.57. The van der Waals surface area contributed by atoms with Gasteiger partial charge in [-0.2, -0.15) is 0 Å². The van der Waals surface area contributed by atoms with Crippen molar-refractivity contribution in [2.75, 3.05) is 43.8 Å². The SMILES string of the molecule is CCNC(=NCCNc1ncc(Cl)cc1Cl)N1CCS(=O)(=O)C(C)(C)C1. The van der Waals surface area contributed by atoms with E-state index in [1.165, 1.54) is 6.20 Å². The summed E-state index contributed by atoms with van der Waals surface area (Å²) in [5.74, 6) is 1.40. The molecule has 0 aromatic carbocycles. The number of nitrogens with one attached hydrogen (secondary N) is 2. The third kappa shape index (κ3) is 5.14. The van der Waals surface area contributed by atoms with Crippen LogP contribution in [0.3, 0.4) is 0 Å². The van der Waals surface area contributed by atoms with Crippen LogP contribution in [-0.4, -0.2) is 67.5 Å². The van der Waals surface area contributed by atoms with Gasteiger partial charge in [0.1, 0.15) is 5.82 Å². The number of rotatable bonds is 5. The number of anilines is 1. The van der Waals surface area contributed by atoms with E-state index in [0.29, 0.717) is 54.5 Å². The second-order valence-electron chi connectivity index (χ2n) is 6.65. The Labute approximate surface area is 165 Å². The van der Waals surface area contributed by atoms with Crippen LogP contribution in [0.5, 0.6) is 0 Å². The number of pyridine rings is 1. The fourth-order valence-corrected chi connectivity index (χ4v) is 4.44. The summed E-state index contributed by atoms with van der Waals surface area (Å²) in [5.41, 5.74) is 0. The van der Waals surface area contributed by atoms with Gasteiger partial charge in [-0.1, -0.05) is 23.2 Å². The van der Waals surface area contributed by atoms with Crippen LogP contribution in [0, 0.1) is 0 Å². The van der Waals surface area contributed by atoms with Gasteiger partial charge in [-0.05, 0) is 26.8 Å². The van der Waals surface area contributed by atoms with Crippen molar-refractivity contribution in [3.8, 4) is 0 Å². The maximum atomic E-state index is 12.2. The van der Waals surface area contributed by atoms with Gasteiger partial charge in [0.25, 0.3) is 0 Å². The number of aliphatic imine (C=N–C) groups is 1. The lowest BCUT2D eigenvalue weighted by Gasteiger charge is -2.39. The number of guanidine groups is 1. The molecule has 26 heavy (non-hydrogen) atoms. The Bertz CT molecular complexity index is 768. The quantitative estimate of drug-likeness (QED) is 0.430. The first-order chi connectivity index (χ1) is 12.2. The van der Waals surface area contributed by atoms with Gasteiger partial charge < -0.3 is 15.5 Å². The lowest BCUT2D eigenvalue weighted by atomic mass is 10.2. The van der Waals surface area contributed by atoms with Crippen LogP contribution in [0.1, 0.15) is 20.8 Å². The minimum atomic E-state index is -3.08. The molecule has 146 valence electrons. The third-order valence-electron chi connectivity index (χ3n) is 4.15. The molecule has 1 aliphatic heterocycles. The number of hydrogen-bond donors (Lipinski definition) is 2. The molecule has 2 N–H and O–H groups in total. The average Bonchev–Trinajstić information content (AvgIpc) is 2.55. The van der Waals surface area contributed by atoms with E-state index in [0.717, 1.165) is 0 Å². The summed E-state index contributed by atoms with van der Waals surface area (Å²) < 4.78 is 23.6. The number of nitrogens with zero attached hydrogens (tertiary/aromatic N) is 3. The molecule has 0 bridgehead atoms. The summed E-state index contributed by atoms with van der Waals surface area (Å²) in [7, 11) is -3.08. The van der Waals surface area contributed by atoms with Crippen molar-refractivity contribution >= 4 is 44.8 Å². The van der Waals surface area contributed by atoms with Gasteiger partial charge >= 0.3 is 0 Å². The smallest absolute Gasteiger partial charge is 0.194 e. The molecular formula is C16H25Cl2N5O2S. The van der Waals surface area contributed by atoms with E-state index in [1.807, 2.05) is 11.8 Å². The Kier molecular flexibility index (Phi) is 6.99. The van der Waals surface area contributed by atoms with Crippen LogP contribution in [0.4, 0.5) is 5.82 Å². The molecule has 7 nitrogen and oxygen atoms in total. The zero-order valence-electron chi connectivity index (χ0n) is 15.2. The normalized spacial score (nSPS) is 19.3. The van der Waals surface area contributed by atoms with Crippen LogP contribution in [0.25, 0.3) is 0 Å². The molecule has 0 unspecified atom stereocenters. The predicted molar refractivity (Wildman–Crippen MR) is 108 cm³/mol. The van der Waals surface area contributed by atoms with Gasteiger partial charge in [-0.25, -0.2) is 13.4 Å². The van der Waals surface area contributed by atoms with Crippen LogP contribution < -0.4 is 10.6 Å². The van der Waals surface area contributed by atoms with Crippen molar-refractivity contribution in [3.05, 3.63) is 22.3 Å². The second kappa shape index (κ2) is 8.63. The van der Waals surface area contributed by atoms with E-state index in [2.05, 4.69) is 20.6 Å². The molecule has 1 aromatic heterocycles. The van der Waals surface area contributed by atoms with Gasteiger partial charge in [0, 0.05) is 32.4 Å². The van der Waals surface area contributed by atoms with Crippen molar-refractivity contribution in [2.24, 2.45) is 4.99 Å². The molecule has 1 aromatic rings. The molecule has 1 saturated heterocycles. The fourth-order valence-electron chi connectivity index (χ4n) is 2.63. The van der Waals surface area contributed by atoms with E-state index < -0.39 is 14.6 Å². The molecule has 0 amide bonds. The fraction of sp³-hybridized carbons (Fsp3) is 0.625. The van der Waals surface area contributed by atoms with Gasteiger partial charge in [0.15, 0.2) is 15.8 Å². The Morgan fingerprint density at radius 3 is 2.77 bits per heavy atom. The molecule has 2 rings (SSSR count). The predicted octanol–water partition coefficient (Wildman–Crippen LogP) is 2.27. The van der Waals surface area contributed by atoms with Crippen molar-refractivity contribution in [1.82, 2.24) is 15.2 Å². The zero-order valence-corrected chi connectivity index (χ0v) is 17.5. The molecule has 1 aliphatic rings. The molecule has 1 fully saturated rings. The number of hydrogen-bond acceptors (Lipinski definition) is 5. The van der Waals surface area contributed by atoms with Gasteiger partial charge in [0.05, 0.1) is 27.1 Å². The molecule has 0 atom stereocenters. The molecule has 0 aliphatic carbocycles. The van der Waals surface area contributed by atoms with Gasteiger partial charge in [-0.15, -0.1) is 0 Å². The molecule has 0 saturated carbocycles. The van der Waals surface area contributed by atoms with Crippen molar-refractivity contribution in [1.29, 1.82) is 0 Å². The Morgan fingerprint density at radius 1 is 1.42 bits per heavy atom. The molecule has 0 spiro atoms. The summed E-state index contributed by atoms with van der Waals surface area (Å²) in [6.07, 6.45) is 1.53. The van der Waals surface area contributed by atoms with Crippen LogP contribution in [0.2, 0.25) is 10.0 Å². The first-order valence-electron chi connectivity index (χ1n) is 8.47. The maximum Gasteiger partial charge on any atom is 0.194 e. The van der Waals surface area contributed by atoms with Crippen molar-refractivity contribution < 1.29 is 8.42 Å². The highest BCUT2D eigenvalue weighted by molar-refractivity contribution is 7.92. The minimum Gasteiger partial charge on any atom is -0.367 e. The Hall–Kier alpha value is -1.25. The Balaban J connectivity index is 1.98. The van der Waals surface area contributed by atoms with Gasteiger partial charge in [-0.3, -0.25) is 4.99 Å². The third-order valence-corrected chi connectivity index (χ3v) is 7.18. The highest BCUT2D eigenvalue weighted by atomic mass is 35.5. The van der Waals surface area contributed by atoms with Crippen molar-refractivity contribution in [3.63, 3.8) is 0 Å². The van der Waals surface area contributed by atoms with E-state index >= 15 is 0 Å². The summed E-state index contributed by atoms with van der Waals surface area (Å²) in [5, 5.41) is 7.29. The molecule has 0 radical (unpaired) electrons. The van der Waals surface area contributed by atoms with Crippen LogP contribution >= 0.6 is 23.2 Å². The number of halogens is 2. The van der Waals surface area contributed by atoms with E-state index in [-0.39, 0.29) is 5.75 Å². The lowest BCUT2D eigenvalue weighted by molar-refractivity contribution is 0.353. The monoisotopic (exact) mass is 421 g/mol. The van der Waals surface area contributed by atoms with Crippen LogP contribution in [0.15, 0.2) is 17.3 Å². The van der Waals surface area contributed by atoms with E-state index in [9.17, 15) is 8.42 Å².